The Balaban J connectivity index is 2.17. The Morgan fingerprint density at radius 2 is 1.94 bits per heavy atom. The summed E-state index contributed by atoms with van der Waals surface area (Å²) < 4.78 is 24.2. The molecule has 0 saturated carbocycles. The molecule has 17 heavy (non-hydrogen) atoms. The molecule has 0 bridgehead atoms. The third kappa shape index (κ3) is 6.75. The summed E-state index contributed by atoms with van der Waals surface area (Å²) in [4.78, 5) is 13.2. The number of hydrogen-bond donors (Lipinski definition) is 1. The Bertz CT molecular complexity index is 346. The van der Waals surface area contributed by atoms with Crippen molar-refractivity contribution in [3.63, 3.8) is 0 Å². The van der Waals surface area contributed by atoms with Gasteiger partial charge in [0.05, 0.1) is 6.26 Å². The lowest BCUT2D eigenvalue weighted by Crippen LogP contribution is -2.39. The first-order valence-corrected chi connectivity index (χ1v) is 7.92. The highest BCUT2D eigenvalue weighted by atomic mass is 32.2. The van der Waals surface area contributed by atoms with Crippen LogP contribution in [-0.2, 0) is 14.8 Å². The van der Waals surface area contributed by atoms with E-state index >= 15 is 0 Å². The van der Waals surface area contributed by atoms with E-state index in [-0.39, 0.29) is 5.78 Å². The largest absolute Gasteiger partial charge is 0.302 e. The van der Waals surface area contributed by atoms with E-state index in [4.69, 9.17) is 0 Å². The molecule has 0 unspecified atom stereocenters. The van der Waals surface area contributed by atoms with Crippen molar-refractivity contribution in [1.82, 2.24) is 9.62 Å². The van der Waals surface area contributed by atoms with Crippen molar-refractivity contribution in [1.29, 1.82) is 0 Å². The lowest BCUT2D eigenvalue weighted by Gasteiger charge is -2.31. The highest BCUT2D eigenvalue weighted by Gasteiger charge is 2.19. The van der Waals surface area contributed by atoms with Gasteiger partial charge in [0, 0.05) is 19.5 Å². The Labute approximate surface area is 104 Å². The van der Waals surface area contributed by atoms with Crippen LogP contribution < -0.4 is 4.72 Å². The maximum absolute atomic E-state index is 11.0. The molecule has 1 aliphatic heterocycles. The second-order valence-electron chi connectivity index (χ2n) is 4.86. The summed E-state index contributed by atoms with van der Waals surface area (Å²) in [7, 11) is -3.07. The van der Waals surface area contributed by atoms with Gasteiger partial charge in [-0.15, -0.1) is 0 Å². The topological polar surface area (TPSA) is 66.5 Å². The van der Waals surface area contributed by atoms with Crippen molar-refractivity contribution in [2.24, 2.45) is 5.92 Å². The lowest BCUT2D eigenvalue weighted by molar-refractivity contribution is -0.118. The zero-order valence-electron chi connectivity index (χ0n) is 10.6. The van der Waals surface area contributed by atoms with Crippen molar-refractivity contribution in [3.8, 4) is 0 Å². The first-order valence-electron chi connectivity index (χ1n) is 6.03. The summed E-state index contributed by atoms with van der Waals surface area (Å²) in [5, 5.41) is 0. The van der Waals surface area contributed by atoms with Crippen molar-refractivity contribution < 1.29 is 13.2 Å². The molecule has 0 aromatic heterocycles. The molecule has 0 radical (unpaired) electrons. The first kappa shape index (κ1) is 14.6. The molecular formula is C11H22N2O3S. The first-order chi connectivity index (χ1) is 7.87. The molecular weight excluding hydrogens is 240 g/mol. The van der Waals surface area contributed by atoms with E-state index in [1.54, 1.807) is 6.92 Å². The van der Waals surface area contributed by atoms with Crippen LogP contribution >= 0.6 is 0 Å². The molecule has 1 fully saturated rings. The normalized spacial score (nSPS) is 19.4. The molecule has 100 valence electrons. The van der Waals surface area contributed by atoms with Crippen LogP contribution in [0.15, 0.2) is 0 Å². The molecule has 0 aromatic rings. The van der Waals surface area contributed by atoms with Crippen LogP contribution in [0.2, 0.25) is 0 Å². The fourth-order valence-electron chi connectivity index (χ4n) is 2.21. The summed E-state index contributed by atoms with van der Waals surface area (Å²) in [6.45, 7) is 4.78. The third-order valence-electron chi connectivity index (χ3n) is 3.08. The molecule has 0 atom stereocenters. The van der Waals surface area contributed by atoms with Crippen LogP contribution in [0.3, 0.4) is 0 Å². The van der Waals surface area contributed by atoms with Crippen LogP contribution in [0.4, 0.5) is 0 Å². The standard InChI is InChI=1S/C11H22N2O3S/c1-10(14)9-11-3-6-13(7-4-11)8-5-12-17(2,15)16/h11-12H,3-9H2,1-2H3. The lowest BCUT2D eigenvalue weighted by atomic mass is 9.92. The number of piperidine rings is 1. The monoisotopic (exact) mass is 262 g/mol. The minimum Gasteiger partial charge on any atom is -0.302 e. The average molecular weight is 262 g/mol. The maximum atomic E-state index is 11.0. The van der Waals surface area contributed by atoms with Gasteiger partial charge in [-0.05, 0) is 38.8 Å². The number of likely N-dealkylation sites (tertiary alicyclic amines) is 1. The van der Waals surface area contributed by atoms with E-state index in [1.807, 2.05) is 0 Å². The Hall–Kier alpha value is -0.460. The summed E-state index contributed by atoms with van der Waals surface area (Å²) in [5.41, 5.74) is 0. The van der Waals surface area contributed by atoms with Crippen LogP contribution in [-0.4, -0.2) is 51.5 Å². The second-order valence-corrected chi connectivity index (χ2v) is 6.69. The number of ketones is 1. The zero-order valence-corrected chi connectivity index (χ0v) is 11.4. The second kappa shape index (κ2) is 6.47. The molecule has 6 heteroatoms. The Morgan fingerprint density at radius 1 is 1.35 bits per heavy atom. The number of carbonyl (C=O) groups is 1. The van der Waals surface area contributed by atoms with E-state index < -0.39 is 10.0 Å². The fraction of sp³-hybridized carbons (Fsp3) is 0.909. The van der Waals surface area contributed by atoms with Crippen LogP contribution in [0, 0.1) is 5.92 Å². The summed E-state index contributed by atoms with van der Waals surface area (Å²) in [6, 6.07) is 0. The molecule has 0 amide bonds. The van der Waals surface area contributed by atoms with E-state index in [0.29, 0.717) is 18.9 Å². The van der Waals surface area contributed by atoms with E-state index in [9.17, 15) is 13.2 Å². The molecule has 0 aliphatic carbocycles. The van der Waals surface area contributed by atoms with Crippen molar-refractivity contribution in [3.05, 3.63) is 0 Å². The highest BCUT2D eigenvalue weighted by Crippen LogP contribution is 2.20. The number of nitrogens with one attached hydrogen (secondary N) is 1. The molecule has 1 N–H and O–H groups in total. The molecule has 5 nitrogen and oxygen atoms in total. The molecule has 0 aromatic carbocycles. The number of Topliss-reactive ketones (excluding diaryl/α,β-unsaturated/α-hetero) is 1. The van der Waals surface area contributed by atoms with Crippen LogP contribution in [0.1, 0.15) is 26.2 Å². The minimum atomic E-state index is -3.07. The maximum Gasteiger partial charge on any atom is 0.208 e. The molecule has 1 saturated heterocycles. The van der Waals surface area contributed by atoms with Crippen LogP contribution in [0.25, 0.3) is 0 Å². The van der Waals surface area contributed by atoms with Gasteiger partial charge < -0.3 is 9.69 Å². The van der Waals surface area contributed by atoms with Crippen LogP contribution in [0.5, 0.6) is 0 Å². The number of carbonyl (C=O) groups excluding carboxylic acids is 1. The SMILES string of the molecule is CC(=O)CC1CCN(CCNS(C)(=O)=O)CC1. The number of nitrogens with zero attached hydrogens (tertiary/aromatic N) is 1. The number of sulfonamides is 1. The van der Waals surface area contributed by atoms with Gasteiger partial charge in [0.1, 0.15) is 5.78 Å². The number of rotatable bonds is 6. The summed E-state index contributed by atoms with van der Waals surface area (Å²) >= 11 is 0. The van der Waals surface area contributed by atoms with E-state index in [1.165, 1.54) is 6.26 Å². The quantitative estimate of drug-likeness (QED) is 0.744. The predicted molar refractivity (Wildman–Crippen MR) is 67.3 cm³/mol. The van der Waals surface area contributed by atoms with Crippen molar-refractivity contribution in [2.45, 2.75) is 26.2 Å². The summed E-state index contributed by atoms with van der Waals surface area (Å²) in [6.07, 6.45) is 3.94. The molecule has 0 spiro atoms. The predicted octanol–water partition coefficient (Wildman–Crippen LogP) is 0.227. The van der Waals surface area contributed by atoms with Gasteiger partial charge >= 0.3 is 0 Å². The van der Waals surface area contributed by atoms with Gasteiger partial charge in [0.2, 0.25) is 10.0 Å². The summed E-state index contributed by atoms with van der Waals surface area (Å²) in [5.74, 6) is 0.786. The number of hydrogen-bond acceptors (Lipinski definition) is 4. The smallest absolute Gasteiger partial charge is 0.208 e. The van der Waals surface area contributed by atoms with Gasteiger partial charge in [0.25, 0.3) is 0 Å². The molecule has 1 aliphatic rings. The average Bonchev–Trinajstić information content (AvgIpc) is 2.18. The third-order valence-corrected chi connectivity index (χ3v) is 3.80. The highest BCUT2D eigenvalue weighted by molar-refractivity contribution is 7.88. The van der Waals surface area contributed by atoms with E-state index in [2.05, 4.69) is 9.62 Å². The van der Waals surface area contributed by atoms with E-state index in [0.717, 1.165) is 32.5 Å². The Kier molecular flexibility index (Phi) is 5.55. The van der Waals surface area contributed by atoms with Gasteiger partial charge in [-0.25, -0.2) is 13.1 Å². The van der Waals surface area contributed by atoms with Gasteiger partial charge in [0.15, 0.2) is 0 Å². The van der Waals surface area contributed by atoms with Crippen molar-refractivity contribution in [2.75, 3.05) is 32.4 Å². The molecule has 1 heterocycles. The van der Waals surface area contributed by atoms with Crippen molar-refractivity contribution >= 4 is 15.8 Å². The van der Waals surface area contributed by atoms with Gasteiger partial charge in [-0.1, -0.05) is 0 Å². The minimum absolute atomic E-state index is 0.266. The fourth-order valence-corrected chi connectivity index (χ4v) is 2.67. The molecule has 1 rings (SSSR count). The zero-order chi connectivity index (χ0) is 12.9. The van der Waals surface area contributed by atoms with Gasteiger partial charge in [-0.2, -0.15) is 0 Å². The Morgan fingerprint density at radius 3 is 2.41 bits per heavy atom. The van der Waals surface area contributed by atoms with Gasteiger partial charge in [-0.3, -0.25) is 0 Å².